The molecule has 3 rings (SSSR count). The maximum absolute atomic E-state index is 12.4. The largest absolute Gasteiger partial charge is 0.465 e. The number of esters is 1. The van der Waals surface area contributed by atoms with Gasteiger partial charge in [0, 0.05) is 30.2 Å². The smallest absolute Gasteiger partial charge is 0.339 e. The first-order valence-corrected chi connectivity index (χ1v) is 8.18. The molecule has 1 amide bonds. The van der Waals surface area contributed by atoms with Gasteiger partial charge in [-0.25, -0.2) is 9.78 Å². The van der Waals surface area contributed by atoms with Crippen LogP contribution in [0.1, 0.15) is 26.3 Å². The van der Waals surface area contributed by atoms with Gasteiger partial charge in [0.05, 0.1) is 24.0 Å². The second kappa shape index (κ2) is 7.84. The molecule has 0 saturated carbocycles. The second-order valence-corrected chi connectivity index (χ2v) is 5.98. The normalized spacial score (nSPS) is 10.4. The van der Waals surface area contributed by atoms with E-state index in [-0.39, 0.29) is 16.5 Å². The summed E-state index contributed by atoms with van der Waals surface area (Å²) in [6.07, 6.45) is 5.33. The number of ether oxygens (including phenoxy) is 1. The van der Waals surface area contributed by atoms with E-state index in [0.29, 0.717) is 17.8 Å². The van der Waals surface area contributed by atoms with E-state index in [0.717, 1.165) is 5.56 Å². The Hall–Kier alpha value is -3.12. The maximum atomic E-state index is 12.4. The molecule has 26 heavy (non-hydrogen) atoms. The molecule has 132 valence electrons. The van der Waals surface area contributed by atoms with Crippen LogP contribution >= 0.6 is 11.6 Å². The van der Waals surface area contributed by atoms with Crippen molar-refractivity contribution in [1.82, 2.24) is 9.55 Å². The number of hydrogen-bond donors (Lipinski definition) is 1. The van der Waals surface area contributed by atoms with E-state index in [1.54, 1.807) is 30.7 Å². The Labute approximate surface area is 155 Å². The lowest BCUT2D eigenvalue weighted by molar-refractivity contribution is 0.0600. The molecular formula is C19H16ClN3O3. The molecule has 0 aliphatic rings. The van der Waals surface area contributed by atoms with Crippen LogP contribution < -0.4 is 5.32 Å². The number of benzene rings is 2. The van der Waals surface area contributed by atoms with Gasteiger partial charge in [0.1, 0.15) is 0 Å². The van der Waals surface area contributed by atoms with Crippen molar-refractivity contribution >= 4 is 29.2 Å². The number of imidazole rings is 1. The summed E-state index contributed by atoms with van der Waals surface area (Å²) in [7, 11) is 1.27. The molecule has 1 aromatic heterocycles. The van der Waals surface area contributed by atoms with Gasteiger partial charge in [0.25, 0.3) is 5.91 Å². The van der Waals surface area contributed by atoms with Gasteiger partial charge in [0.2, 0.25) is 0 Å². The number of hydrogen-bond acceptors (Lipinski definition) is 4. The summed E-state index contributed by atoms with van der Waals surface area (Å²) >= 11 is 5.98. The van der Waals surface area contributed by atoms with Crippen molar-refractivity contribution in [3.63, 3.8) is 0 Å². The summed E-state index contributed by atoms with van der Waals surface area (Å²) in [6, 6.07) is 11.9. The third-order valence-corrected chi connectivity index (χ3v) is 4.10. The maximum Gasteiger partial charge on any atom is 0.339 e. The van der Waals surface area contributed by atoms with Crippen molar-refractivity contribution < 1.29 is 14.3 Å². The first-order valence-electron chi connectivity index (χ1n) is 7.80. The van der Waals surface area contributed by atoms with Crippen LogP contribution in [0.3, 0.4) is 0 Å². The first kappa shape index (κ1) is 17.7. The number of halogens is 1. The molecule has 0 unspecified atom stereocenters. The van der Waals surface area contributed by atoms with Crippen LogP contribution in [0.4, 0.5) is 5.69 Å². The van der Waals surface area contributed by atoms with E-state index in [9.17, 15) is 9.59 Å². The SMILES string of the molecule is COC(=O)c1cc(NC(=O)c2ccc(Cn3ccnc3)cc2)ccc1Cl. The molecule has 0 saturated heterocycles. The topological polar surface area (TPSA) is 73.2 Å². The van der Waals surface area contributed by atoms with Gasteiger partial charge < -0.3 is 14.6 Å². The van der Waals surface area contributed by atoms with Gasteiger partial charge in [-0.05, 0) is 35.9 Å². The summed E-state index contributed by atoms with van der Waals surface area (Å²) in [5, 5.41) is 3.01. The Morgan fingerprint density at radius 1 is 1.19 bits per heavy atom. The fraction of sp³-hybridized carbons (Fsp3) is 0.105. The molecule has 0 aliphatic heterocycles. The van der Waals surface area contributed by atoms with Gasteiger partial charge in [-0.3, -0.25) is 4.79 Å². The average Bonchev–Trinajstić information content (AvgIpc) is 3.16. The zero-order valence-corrected chi connectivity index (χ0v) is 14.7. The fourth-order valence-corrected chi connectivity index (χ4v) is 2.62. The molecule has 0 bridgehead atoms. The molecule has 7 heteroatoms. The van der Waals surface area contributed by atoms with E-state index in [1.165, 1.54) is 19.2 Å². The van der Waals surface area contributed by atoms with Crippen molar-refractivity contribution in [2.24, 2.45) is 0 Å². The fourth-order valence-electron chi connectivity index (χ4n) is 2.43. The highest BCUT2D eigenvalue weighted by atomic mass is 35.5. The van der Waals surface area contributed by atoms with E-state index in [2.05, 4.69) is 15.0 Å². The highest BCUT2D eigenvalue weighted by Gasteiger charge is 2.13. The zero-order chi connectivity index (χ0) is 18.5. The highest BCUT2D eigenvalue weighted by Crippen LogP contribution is 2.22. The number of carbonyl (C=O) groups is 2. The van der Waals surface area contributed by atoms with Gasteiger partial charge in [-0.15, -0.1) is 0 Å². The molecule has 6 nitrogen and oxygen atoms in total. The minimum Gasteiger partial charge on any atom is -0.465 e. The van der Waals surface area contributed by atoms with Crippen molar-refractivity contribution in [2.75, 3.05) is 12.4 Å². The minimum absolute atomic E-state index is 0.197. The lowest BCUT2D eigenvalue weighted by Gasteiger charge is -2.09. The van der Waals surface area contributed by atoms with Gasteiger partial charge in [-0.1, -0.05) is 23.7 Å². The average molecular weight is 370 g/mol. The number of rotatable bonds is 5. The number of amides is 1. The minimum atomic E-state index is -0.560. The van der Waals surface area contributed by atoms with E-state index < -0.39 is 5.97 Å². The van der Waals surface area contributed by atoms with Crippen LogP contribution in [0.25, 0.3) is 0 Å². The molecule has 0 aliphatic carbocycles. The molecule has 0 fully saturated rings. The summed E-state index contributed by atoms with van der Waals surface area (Å²) in [6.45, 7) is 0.682. The van der Waals surface area contributed by atoms with E-state index >= 15 is 0 Å². The van der Waals surface area contributed by atoms with Crippen LogP contribution in [0, 0.1) is 0 Å². The van der Waals surface area contributed by atoms with Crippen LogP contribution in [0.5, 0.6) is 0 Å². The molecule has 2 aromatic carbocycles. The monoisotopic (exact) mass is 369 g/mol. The molecule has 0 atom stereocenters. The molecular weight excluding hydrogens is 354 g/mol. The van der Waals surface area contributed by atoms with Crippen LogP contribution in [-0.2, 0) is 11.3 Å². The Kier molecular flexibility index (Phi) is 5.34. The van der Waals surface area contributed by atoms with Crippen molar-refractivity contribution in [1.29, 1.82) is 0 Å². The summed E-state index contributed by atoms with van der Waals surface area (Å²) in [5.41, 5.74) is 2.22. The number of nitrogens with one attached hydrogen (secondary N) is 1. The Balaban J connectivity index is 1.71. The van der Waals surface area contributed by atoms with Crippen LogP contribution in [0.15, 0.2) is 61.2 Å². The van der Waals surface area contributed by atoms with Gasteiger partial charge >= 0.3 is 5.97 Å². The quantitative estimate of drug-likeness (QED) is 0.697. The number of carbonyl (C=O) groups excluding carboxylic acids is 2. The number of aromatic nitrogens is 2. The predicted molar refractivity (Wildman–Crippen MR) is 98.5 cm³/mol. The second-order valence-electron chi connectivity index (χ2n) is 5.57. The molecule has 1 heterocycles. The summed E-state index contributed by atoms with van der Waals surface area (Å²) < 4.78 is 6.62. The molecule has 0 spiro atoms. The predicted octanol–water partition coefficient (Wildman–Crippen LogP) is 3.62. The first-order chi connectivity index (χ1) is 12.6. The molecule has 1 N–H and O–H groups in total. The number of nitrogens with zero attached hydrogens (tertiary/aromatic N) is 2. The van der Waals surface area contributed by atoms with Crippen molar-refractivity contribution in [3.8, 4) is 0 Å². The summed E-state index contributed by atoms with van der Waals surface area (Å²) in [5.74, 6) is -0.840. The van der Waals surface area contributed by atoms with E-state index in [4.69, 9.17) is 11.6 Å². The zero-order valence-electron chi connectivity index (χ0n) is 14.0. The van der Waals surface area contributed by atoms with Crippen LogP contribution in [-0.4, -0.2) is 28.5 Å². The standard InChI is InChI=1S/C19H16ClN3O3/c1-26-19(25)16-10-15(6-7-17(16)20)22-18(24)14-4-2-13(3-5-14)11-23-9-8-21-12-23/h2-10,12H,11H2,1H3,(H,22,24). The van der Waals surface area contributed by atoms with Crippen LogP contribution in [0.2, 0.25) is 5.02 Å². The Morgan fingerprint density at radius 2 is 1.96 bits per heavy atom. The molecule has 0 radical (unpaired) electrons. The molecule has 3 aromatic rings. The van der Waals surface area contributed by atoms with Gasteiger partial charge in [-0.2, -0.15) is 0 Å². The van der Waals surface area contributed by atoms with Gasteiger partial charge in [0.15, 0.2) is 0 Å². The Morgan fingerprint density at radius 3 is 2.62 bits per heavy atom. The van der Waals surface area contributed by atoms with Crippen molar-refractivity contribution in [3.05, 3.63) is 82.9 Å². The van der Waals surface area contributed by atoms with Crippen molar-refractivity contribution in [2.45, 2.75) is 6.54 Å². The lowest BCUT2D eigenvalue weighted by atomic mass is 10.1. The summed E-state index contributed by atoms with van der Waals surface area (Å²) in [4.78, 5) is 28.1. The third kappa shape index (κ3) is 4.10. The lowest BCUT2D eigenvalue weighted by Crippen LogP contribution is -2.13. The third-order valence-electron chi connectivity index (χ3n) is 3.77. The number of anilines is 1. The number of methoxy groups -OCH3 is 1. The van der Waals surface area contributed by atoms with E-state index in [1.807, 2.05) is 22.9 Å². The Bertz CT molecular complexity index is 922. The highest BCUT2D eigenvalue weighted by molar-refractivity contribution is 6.33.